The summed E-state index contributed by atoms with van der Waals surface area (Å²) in [4.78, 5) is 18.3. The molecule has 168 valence electrons. The zero-order valence-corrected chi connectivity index (χ0v) is 20.2. The minimum atomic E-state index is -0.162. The van der Waals surface area contributed by atoms with E-state index in [2.05, 4.69) is 40.7 Å². The van der Waals surface area contributed by atoms with Crippen LogP contribution in [0.2, 0.25) is 0 Å². The third-order valence-corrected chi connectivity index (χ3v) is 8.61. The second kappa shape index (κ2) is 9.86. The molecule has 0 saturated carbocycles. The van der Waals surface area contributed by atoms with Gasteiger partial charge in [-0.05, 0) is 93.3 Å². The summed E-state index contributed by atoms with van der Waals surface area (Å²) in [5.74, 6) is 0.200. The number of amides is 1. The fourth-order valence-electron chi connectivity index (χ4n) is 5.07. The zero-order valence-electron chi connectivity index (χ0n) is 18.6. The number of rotatable bonds is 6. The van der Waals surface area contributed by atoms with Gasteiger partial charge in [0.2, 0.25) is 0 Å². The Morgan fingerprint density at radius 1 is 1.06 bits per heavy atom. The smallest absolute Gasteiger partial charge is 0.291 e. The molecule has 0 radical (unpaired) electrons. The SMILES string of the molecule is CSc1ccc([C@H](c2c(NC(=O)c3ccco3)sc3c2CCCC3)N2CCCCC2)cc1. The number of fused-ring (bicyclic) bond motifs is 1. The summed E-state index contributed by atoms with van der Waals surface area (Å²) in [5.41, 5.74) is 4.12. The lowest BCUT2D eigenvalue weighted by molar-refractivity contribution is 0.0996. The van der Waals surface area contributed by atoms with Crippen molar-refractivity contribution in [2.45, 2.75) is 55.9 Å². The number of nitrogens with one attached hydrogen (secondary N) is 1. The number of piperidine rings is 1. The largest absolute Gasteiger partial charge is 0.459 e. The number of hydrogen-bond acceptors (Lipinski definition) is 5. The Hall–Kier alpha value is -2.02. The van der Waals surface area contributed by atoms with Crippen molar-refractivity contribution < 1.29 is 9.21 Å². The molecule has 3 aromatic rings. The molecule has 0 spiro atoms. The van der Waals surface area contributed by atoms with Crippen LogP contribution >= 0.6 is 23.1 Å². The number of nitrogens with zero attached hydrogens (tertiary/aromatic N) is 1. The molecule has 4 nitrogen and oxygen atoms in total. The molecule has 0 unspecified atom stereocenters. The Morgan fingerprint density at radius 3 is 2.56 bits per heavy atom. The predicted molar refractivity (Wildman–Crippen MR) is 133 cm³/mol. The second-order valence-corrected chi connectivity index (χ2v) is 10.6. The van der Waals surface area contributed by atoms with Crippen molar-refractivity contribution in [1.82, 2.24) is 4.90 Å². The Balaban J connectivity index is 1.60. The van der Waals surface area contributed by atoms with E-state index in [1.165, 1.54) is 58.6 Å². The summed E-state index contributed by atoms with van der Waals surface area (Å²) in [7, 11) is 0. The van der Waals surface area contributed by atoms with Crippen molar-refractivity contribution in [2.24, 2.45) is 0 Å². The van der Waals surface area contributed by atoms with Gasteiger partial charge in [0, 0.05) is 15.3 Å². The van der Waals surface area contributed by atoms with Gasteiger partial charge in [0.1, 0.15) is 5.00 Å². The first kappa shape index (κ1) is 21.8. The van der Waals surface area contributed by atoms with Crippen LogP contribution in [0.3, 0.4) is 0 Å². The van der Waals surface area contributed by atoms with Crippen molar-refractivity contribution >= 4 is 34.0 Å². The van der Waals surface area contributed by atoms with Crippen LogP contribution in [0.5, 0.6) is 0 Å². The molecule has 3 heterocycles. The van der Waals surface area contributed by atoms with Gasteiger partial charge >= 0.3 is 0 Å². The lowest BCUT2D eigenvalue weighted by atomic mass is 9.88. The number of carbonyl (C=O) groups is 1. The van der Waals surface area contributed by atoms with Crippen molar-refractivity contribution in [2.75, 3.05) is 24.7 Å². The van der Waals surface area contributed by atoms with Crippen molar-refractivity contribution in [3.8, 4) is 0 Å². The first-order valence-electron chi connectivity index (χ1n) is 11.6. The van der Waals surface area contributed by atoms with E-state index >= 15 is 0 Å². The van der Waals surface area contributed by atoms with Gasteiger partial charge in [0.15, 0.2) is 5.76 Å². The van der Waals surface area contributed by atoms with Gasteiger partial charge in [-0.1, -0.05) is 18.6 Å². The summed E-state index contributed by atoms with van der Waals surface area (Å²) in [6.07, 6.45) is 12.1. The van der Waals surface area contributed by atoms with E-state index in [0.29, 0.717) is 5.76 Å². The molecule has 5 rings (SSSR count). The number of furan rings is 1. The summed E-state index contributed by atoms with van der Waals surface area (Å²) in [5, 5.41) is 4.24. The molecule has 1 atom stereocenters. The van der Waals surface area contributed by atoms with E-state index in [1.807, 2.05) is 0 Å². The van der Waals surface area contributed by atoms with Crippen LogP contribution in [-0.2, 0) is 12.8 Å². The average molecular weight is 467 g/mol. The van der Waals surface area contributed by atoms with Crippen LogP contribution in [0.1, 0.15) is 70.3 Å². The molecule has 1 amide bonds. The van der Waals surface area contributed by atoms with Crippen LogP contribution in [-0.4, -0.2) is 30.2 Å². The number of benzene rings is 1. The Kier molecular flexibility index (Phi) is 6.72. The van der Waals surface area contributed by atoms with Gasteiger partial charge in [0.25, 0.3) is 5.91 Å². The number of thiophene rings is 1. The van der Waals surface area contributed by atoms with Gasteiger partial charge in [0.05, 0.1) is 12.3 Å². The normalized spacial score (nSPS) is 17.7. The maximum Gasteiger partial charge on any atom is 0.291 e. The minimum absolute atomic E-state index is 0.162. The lowest BCUT2D eigenvalue weighted by Crippen LogP contribution is -2.35. The highest BCUT2D eigenvalue weighted by atomic mass is 32.2. The van der Waals surface area contributed by atoms with E-state index in [1.54, 1.807) is 41.5 Å². The number of carbonyl (C=O) groups excluding carboxylic acids is 1. The molecule has 1 fully saturated rings. The highest BCUT2D eigenvalue weighted by Gasteiger charge is 2.33. The zero-order chi connectivity index (χ0) is 21.9. The average Bonchev–Trinajstić information content (AvgIpc) is 3.50. The Labute approximate surface area is 198 Å². The number of anilines is 1. The van der Waals surface area contributed by atoms with Crippen molar-refractivity contribution in [3.05, 3.63) is 70.0 Å². The van der Waals surface area contributed by atoms with Gasteiger partial charge in [-0.2, -0.15) is 0 Å². The summed E-state index contributed by atoms with van der Waals surface area (Å²) in [6.45, 7) is 2.20. The summed E-state index contributed by atoms with van der Waals surface area (Å²) in [6, 6.07) is 12.7. The lowest BCUT2D eigenvalue weighted by Gasteiger charge is -2.36. The van der Waals surface area contributed by atoms with Gasteiger partial charge in [-0.15, -0.1) is 23.1 Å². The highest BCUT2D eigenvalue weighted by molar-refractivity contribution is 7.98. The standard InChI is InChI=1S/C26H30N2O2S2/c1-31-19-13-11-18(12-14-19)24(28-15-5-2-6-16-28)23-20-8-3-4-10-22(20)32-26(23)27-25(29)21-9-7-17-30-21/h7,9,11-14,17,24H,2-6,8,10,15-16H2,1H3,(H,27,29)/t24-/m1/s1. The van der Waals surface area contributed by atoms with Gasteiger partial charge < -0.3 is 9.73 Å². The van der Waals surface area contributed by atoms with E-state index in [-0.39, 0.29) is 11.9 Å². The third kappa shape index (κ3) is 4.41. The van der Waals surface area contributed by atoms with Crippen LogP contribution < -0.4 is 5.32 Å². The van der Waals surface area contributed by atoms with Crippen LogP contribution in [0.15, 0.2) is 52.0 Å². The van der Waals surface area contributed by atoms with E-state index in [0.717, 1.165) is 30.9 Å². The molecule has 6 heteroatoms. The third-order valence-electron chi connectivity index (χ3n) is 6.65. The summed E-state index contributed by atoms with van der Waals surface area (Å²) >= 11 is 3.55. The monoisotopic (exact) mass is 466 g/mol. The van der Waals surface area contributed by atoms with Gasteiger partial charge in [-0.25, -0.2) is 0 Å². The van der Waals surface area contributed by atoms with Crippen molar-refractivity contribution in [3.63, 3.8) is 0 Å². The maximum atomic E-state index is 12.9. The second-order valence-electron chi connectivity index (χ2n) is 8.66. The Bertz CT molecular complexity index is 1050. The highest BCUT2D eigenvalue weighted by Crippen LogP contribution is 2.46. The summed E-state index contributed by atoms with van der Waals surface area (Å²) < 4.78 is 5.38. The molecule has 2 aromatic heterocycles. The van der Waals surface area contributed by atoms with E-state index < -0.39 is 0 Å². The van der Waals surface area contributed by atoms with Crippen LogP contribution in [0.4, 0.5) is 5.00 Å². The molecular formula is C26H30N2O2S2. The first-order chi connectivity index (χ1) is 15.7. The van der Waals surface area contributed by atoms with Crippen molar-refractivity contribution in [1.29, 1.82) is 0 Å². The quantitative estimate of drug-likeness (QED) is 0.407. The molecule has 1 aliphatic carbocycles. The maximum absolute atomic E-state index is 12.9. The van der Waals surface area contributed by atoms with Crippen LogP contribution in [0.25, 0.3) is 0 Å². The topological polar surface area (TPSA) is 45.5 Å². The molecule has 1 saturated heterocycles. The molecule has 32 heavy (non-hydrogen) atoms. The molecule has 1 N–H and O–H groups in total. The van der Waals surface area contributed by atoms with Gasteiger partial charge in [-0.3, -0.25) is 9.69 Å². The minimum Gasteiger partial charge on any atom is -0.459 e. The van der Waals surface area contributed by atoms with E-state index in [4.69, 9.17) is 4.42 Å². The predicted octanol–water partition coefficient (Wildman–Crippen LogP) is 6.77. The molecule has 1 aliphatic heterocycles. The fraction of sp³-hybridized carbons (Fsp3) is 0.423. The molecular weight excluding hydrogens is 436 g/mol. The molecule has 0 bridgehead atoms. The molecule has 1 aromatic carbocycles. The number of aryl methyl sites for hydroxylation is 1. The Morgan fingerprint density at radius 2 is 1.84 bits per heavy atom. The number of likely N-dealkylation sites (tertiary alicyclic amines) is 1. The van der Waals surface area contributed by atoms with E-state index in [9.17, 15) is 4.79 Å². The fourth-order valence-corrected chi connectivity index (χ4v) is 6.79. The number of hydrogen-bond donors (Lipinski definition) is 1. The first-order valence-corrected chi connectivity index (χ1v) is 13.7. The number of thioether (sulfide) groups is 1. The molecule has 2 aliphatic rings. The van der Waals surface area contributed by atoms with Crippen LogP contribution in [0, 0.1) is 0 Å².